The van der Waals surface area contributed by atoms with Crippen molar-refractivity contribution in [2.45, 2.75) is 50.2 Å². The second kappa shape index (κ2) is 4.64. The molecule has 1 saturated carbocycles. The highest BCUT2D eigenvalue weighted by Crippen LogP contribution is 2.32. The molecular weight excluding hydrogens is 208 g/mol. The van der Waals surface area contributed by atoms with Crippen LogP contribution in [-0.2, 0) is 6.42 Å². The monoisotopic (exact) mass is 226 g/mol. The molecule has 1 aromatic rings. The van der Waals surface area contributed by atoms with E-state index in [2.05, 4.69) is 0 Å². The molecule has 1 fully saturated rings. The van der Waals surface area contributed by atoms with Gasteiger partial charge in [0.15, 0.2) is 0 Å². The van der Waals surface area contributed by atoms with E-state index in [4.69, 9.17) is 0 Å². The van der Waals surface area contributed by atoms with Crippen molar-refractivity contribution in [3.05, 3.63) is 22.4 Å². The first-order chi connectivity index (χ1) is 7.21. The lowest BCUT2D eigenvalue weighted by Crippen LogP contribution is -2.45. The van der Waals surface area contributed by atoms with Gasteiger partial charge in [-0.1, -0.05) is 19.3 Å². The van der Waals surface area contributed by atoms with Crippen molar-refractivity contribution < 1.29 is 10.2 Å². The van der Waals surface area contributed by atoms with E-state index in [9.17, 15) is 10.2 Å². The lowest BCUT2D eigenvalue weighted by atomic mass is 9.79. The Morgan fingerprint density at radius 1 is 1.33 bits per heavy atom. The number of hydrogen-bond acceptors (Lipinski definition) is 3. The van der Waals surface area contributed by atoms with Gasteiger partial charge in [-0.05, 0) is 35.2 Å². The standard InChI is InChI=1S/C12H18O2S/c13-11(8-10-4-7-15-9-10)12(14)5-2-1-3-6-12/h4,7,9,11,13-14H,1-3,5-6,8H2. The SMILES string of the molecule is OC(Cc1ccsc1)C1(O)CCCCC1. The third-order valence-electron chi connectivity index (χ3n) is 3.35. The summed E-state index contributed by atoms with van der Waals surface area (Å²) in [6.07, 6.45) is 4.74. The van der Waals surface area contributed by atoms with Gasteiger partial charge in [-0.15, -0.1) is 0 Å². The van der Waals surface area contributed by atoms with Crippen LogP contribution in [0.25, 0.3) is 0 Å². The van der Waals surface area contributed by atoms with E-state index >= 15 is 0 Å². The van der Waals surface area contributed by atoms with Crippen molar-refractivity contribution in [3.63, 3.8) is 0 Å². The van der Waals surface area contributed by atoms with Gasteiger partial charge in [0.05, 0.1) is 11.7 Å². The molecule has 1 atom stereocenters. The predicted octanol–water partition coefficient (Wildman–Crippen LogP) is 2.35. The zero-order valence-electron chi connectivity index (χ0n) is 8.85. The van der Waals surface area contributed by atoms with Crippen LogP contribution in [0.1, 0.15) is 37.7 Å². The van der Waals surface area contributed by atoms with Gasteiger partial charge in [0, 0.05) is 6.42 Å². The first kappa shape index (κ1) is 11.1. The summed E-state index contributed by atoms with van der Waals surface area (Å²) in [6.45, 7) is 0. The minimum atomic E-state index is -0.833. The number of rotatable bonds is 3. The van der Waals surface area contributed by atoms with Crippen LogP contribution in [-0.4, -0.2) is 21.9 Å². The fourth-order valence-electron chi connectivity index (χ4n) is 2.32. The zero-order valence-corrected chi connectivity index (χ0v) is 9.67. The average molecular weight is 226 g/mol. The van der Waals surface area contributed by atoms with E-state index in [1.54, 1.807) is 11.3 Å². The van der Waals surface area contributed by atoms with Gasteiger partial charge in [-0.25, -0.2) is 0 Å². The Balaban J connectivity index is 1.97. The summed E-state index contributed by atoms with van der Waals surface area (Å²) < 4.78 is 0. The average Bonchev–Trinajstić information content (AvgIpc) is 2.71. The Labute approximate surface area is 94.6 Å². The largest absolute Gasteiger partial charge is 0.390 e. The van der Waals surface area contributed by atoms with Crippen molar-refractivity contribution in [2.75, 3.05) is 0 Å². The predicted molar refractivity (Wildman–Crippen MR) is 62.1 cm³/mol. The van der Waals surface area contributed by atoms with Gasteiger partial charge in [-0.3, -0.25) is 0 Å². The number of hydrogen-bond donors (Lipinski definition) is 2. The van der Waals surface area contributed by atoms with Crippen LogP contribution in [0.5, 0.6) is 0 Å². The minimum Gasteiger partial charge on any atom is -0.390 e. The summed E-state index contributed by atoms with van der Waals surface area (Å²) in [5, 5.41) is 24.4. The molecule has 0 spiro atoms. The van der Waals surface area contributed by atoms with Gasteiger partial charge < -0.3 is 10.2 Å². The van der Waals surface area contributed by atoms with E-state index in [1.165, 1.54) is 6.42 Å². The molecule has 1 unspecified atom stereocenters. The van der Waals surface area contributed by atoms with Crippen LogP contribution in [0.4, 0.5) is 0 Å². The van der Waals surface area contributed by atoms with Crippen LogP contribution in [0.2, 0.25) is 0 Å². The normalized spacial score (nSPS) is 22.5. The van der Waals surface area contributed by atoms with E-state index in [-0.39, 0.29) is 0 Å². The molecule has 0 radical (unpaired) electrons. The van der Waals surface area contributed by atoms with Gasteiger partial charge >= 0.3 is 0 Å². The molecule has 0 aliphatic heterocycles. The second-order valence-electron chi connectivity index (χ2n) is 4.52. The fourth-order valence-corrected chi connectivity index (χ4v) is 3.00. The highest BCUT2D eigenvalue weighted by Gasteiger charge is 2.36. The maximum Gasteiger partial charge on any atom is 0.0908 e. The summed E-state index contributed by atoms with van der Waals surface area (Å²) in [7, 11) is 0. The van der Waals surface area contributed by atoms with Crippen molar-refractivity contribution in [3.8, 4) is 0 Å². The number of aliphatic hydroxyl groups is 2. The molecule has 2 N–H and O–H groups in total. The quantitative estimate of drug-likeness (QED) is 0.830. The smallest absolute Gasteiger partial charge is 0.0908 e. The Morgan fingerprint density at radius 2 is 2.07 bits per heavy atom. The van der Waals surface area contributed by atoms with Gasteiger partial charge in [0.25, 0.3) is 0 Å². The molecule has 1 heterocycles. The van der Waals surface area contributed by atoms with Crippen LogP contribution < -0.4 is 0 Å². The molecule has 15 heavy (non-hydrogen) atoms. The Bertz CT molecular complexity index is 289. The molecule has 1 aromatic heterocycles. The summed E-state index contributed by atoms with van der Waals surface area (Å²) in [4.78, 5) is 0. The Hall–Kier alpha value is -0.380. The minimum absolute atomic E-state index is 0.583. The number of aliphatic hydroxyl groups excluding tert-OH is 1. The van der Waals surface area contributed by atoms with E-state index in [1.807, 2.05) is 16.8 Å². The van der Waals surface area contributed by atoms with Crippen LogP contribution in [0.15, 0.2) is 16.8 Å². The topological polar surface area (TPSA) is 40.5 Å². The maximum absolute atomic E-state index is 10.3. The molecule has 84 valence electrons. The summed E-state index contributed by atoms with van der Waals surface area (Å²) in [6, 6.07) is 2.01. The third-order valence-corrected chi connectivity index (χ3v) is 4.08. The summed E-state index contributed by atoms with van der Waals surface area (Å²) >= 11 is 1.63. The van der Waals surface area contributed by atoms with Gasteiger partial charge in [0.2, 0.25) is 0 Å². The molecule has 1 aliphatic carbocycles. The molecule has 1 aliphatic rings. The summed E-state index contributed by atoms with van der Waals surface area (Å²) in [5.74, 6) is 0. The first-order valence-corrected chi connectivity index (χ1v) is 6.56. The van der Waals surface area contributed by atoms with Crippen molar-refractivity contribution in [1.82, 2.24) is 0 Å². The van der Waals surface area contributed by atoms with Crippen LogP contribution >= 0.6 is 11.3 Å². The van der Waals surface area contributed by atoms with E-state index < -0.39 is 11.7 Å². The Kier molecular flexibility index (Phi) is 3.44. The lowest BCUT2D eigenvalue weighted by Gasteiger charge is -2.36. The van der Waals surface area contributed by atoms with Gasteiger partial charge in [0.1, 0.15) is 0 Å². The highest BCUT2D eigenvalue weighted by molar-refractivity contribution is 7.07. The van der Waals surface area contributed by atoms with E-state index in [0.717, 1.165) is 31.2 Å². The third kappa shape index (κ3) is 2.60. The number of thiophene rings is 1. The molecule has 0 bridgehead atoms. The molecule has 2 rings (SSSR count). The molecule has 0 saturated heterocycles. The van der Waals surface area contributed by atoms with Crippen molar-refractivity contribution in [2.24, 2.45) is 0 Å². The van der Waals surface area contributed by atoms with Crippen molar-refractivity contribution >= 4 is 11.3 Å². The molecule has 2 nitrogen and oxygen atoms in total. The van der Waals surface area contributed by atoms with E-state index in [0.29, 0.717) is 6.42 Å². The lowest BCUT2D eigenvalue weighted by molar-refractivity contribution is -0.0960. The molecular formula is C12H18O2S. The van der Waals surface area contributed by atoms with Gasteiger partial charge in [-0.2, -0.15) is 11.3 Å². The van der Waals surface area contributed by atoms with Crippen molar-refractivity contribution in [1.29, 1.82) is 0 Å². The second-order valence-corrected chi connectivity index (χ2v) is 5.30. The summed E-state index contributed by atoms with van der Waals surface area (Å²) in [5.41, 5.74) is 0.298. The van der Waals surface area contributed by atoms with Crippen LogP contribution in [0.3, 0.4) is 0 Å². The first-order valence-electron chi connectivity index (χ1n) is 5.62. The maximum atomic E-state index is 10.3. The molecule has 0 amide bonds. The fraction of sp³-hybridized carbons (Fsp3) is 0.667. The molecule has 3 heteroatoms. The highest BCUT2D eigenvalue weighted by atomic mass is 32.1. The van der Waals surface area contributed by atoms with Crippen LogP contribution in [0, 0.1) is 0 Å². The molecule has 0 aromatic carbocycles. The zero-order chi connectivity index (χ0) is 10.7. The Morgan fingerprint density at radius 3 is 2.67 bits per heavy atom.